The molecule has 0 saturated heterocycles. The number of benzene rings is 1. The Morgan fingerprint density at radius 3 is 2.71 bits per heavy atom. The lowest BCUT2D eigenvalue weighted by Crippen LogP contribution is -2.31. The summed E-state index contributed by atoms with van der Waals surface area (Å²) in [6.07, 6.45) is 3.58. The number of thiocarbonyl (C=S) groups is 1. The number of hydrogen-bond donors (Lipinski definition) is 2. The van der Waals surface area contributed by atoms with Crippen molar-refractivity contribution >= 4 is 23.0 Å². The van der Waals surface area contributed by atoms with E-state index in [1.54, 1.807) is 23.0 Å². The van der Waals surface area contributed by atoms with E-state index < -0.39 is 0 Å². The minimum Gasteiger partial charge on any atom is -0.362 e. The average Bonchev–Trinajstić information content (AvgIpc) is 2.86. The zero-order valence-electron chi connectivity index (χ0n) is 12.1. The third kappa shape index (κ3) is 5.15. The Hall–Kier alpha value is -1.95. The molecule has 1 heterocycles. The van der Waals surface area contributed by atoms with Gasteiger partial charge in [-0.05, 0) is 35.8 Å². The zero-order valence-corrected chi connectivity index (χ0v) is 13.0. The van der Waals surface area contributed by atoms with Crippen molar-refractivity contribution in [1.29, 1.82) is 0 Å². The van der Waals surface area contributed by atoms with Crippen molar-refractivity contribution in [3.05, 3.63) is 48.0 Å². The minimum atomic E-state index is -0.233. The first-order valence-electron chi connectivity index (χ1n) is 6.84. The summed E-state index contributed by atoms with van der Waals surface area (Å²) in [5, 5.41) is 11.1. The summed E-state index contributed by atoms with van der Waals surface area (Å²) in [7, 11) is 0. The van der Waals surface area contributed by atoms with Crippen LogP contribution in [0.1, 0.15) is 19.4 Å². The summed E-state index contributed by atoms with van der Waals surface area (Å²) in [5.41, 5.74) is 1.82. The summed E-state index contributed by atoms with van der Waals surface area (Å²) in [5.74, 6) is 0.300. The maximum atomic E-state index is 12.8. The van der Waals surface area contributed by atoms with Gasteiger partial charge in [0.15, 0.2) is 5.11 Å². The summed E-state index contributed by atoms with van der Waals surface area (Å²) in [4.78, 5) is 0. The molecule has 21 heavy (non-hydrogen) atoms. The van der Waals surface area contributed by atoms with Gasteiger partial charge in [-0.3, -0.25) is 4.68 Å². The first-order chi connectivity index (χ1) is 10.0. The van der Waals surface area contributed by atoms with E-state index in [0.717, 1.165) is 17.8 Å². The molecule has 4 nitrogen and oxygen atoms in total. The van der Waals surface area contributed by atoms with E-state index >= 15 is 0 Å². The van der Waals surface area contributed by atoms with E-state index in [0.29, 0.717) is 17.6 Å². The highest BCUT2D eigenvalue weighted by Gasteiger charge is 2.03. The van der Waals surface area contributed by atoms with E-state index in [1.165, 1.54) is 12.1 Å². The summed E-state index contributed by atoms with van der Waals surface area (Å²) >= 11 is 5.21. The molecule has 1 aromatic carbocycles. The molecule has 0 amide bonds. The molecule has 2 N–H and O–H groups in total. The Balaban J connectivity index is 1.89. The highest BCUT2D eigenvalue weighted by molar-refractivity contribution is 7.80. The predicted molar refractivity (Wildman–Crippen MR) is 86.8 cm³/mol. The Morgan fingerprint density at radius 2 is 2.05 bits per heavy atom. The SMILES string of the molecule is CC(C)CNC(=S)Nc1cnn(Cc2ccc(F)cc2)c1. The van der Waals surface area contributed by atoms with Gasteiger partial charge in [-0.1, -0.05) is 26.0 Å². The van der Waals surface area contributed by atoms with Crippen LogP contribution in [0, 0.1) is 11.7 Å². The van der Waals surface area contributed by atoms with Gasteiger partial charge in [-0.25, -0.2) is 4.39 Å². The van der Waals surface area contributed by atoms with Gasteiger partial charge in [-0.2, -0.15) is 5.10 Å². The van der Waals surface area contributed by atoms with Crippen molar-refractivity contribution in [1.82, 2.24) is 15.1 Å². The fraction of sp³-hybridized carbons (Fsp3) is 0.333. The topological polar surface area (TPSA) is 41.9 Å². The van der Waals surface area contributed by atoms with Gasteiger partial charge in [0.25, 0.3) is 0 Å². The van der Waals surface area contributed by atoms with Crippen molar-refractivity contribution in [2.75, 3.05) is 11.9 Å². The average molecular weight is 306 g/mol. The van der Waals surface area contributed by atoms with Gasteiger partial charge in [0.05, 0.1) is 18.4 Å². The van der Waals surface area contributed by atoms with E-state index in [-0.39, 0.29) is 5.82 Å². The fourth-order valence-electron chi connectivity index (χ4n) is 1.76. The van der Waals surface area contributed by atoms with Crippen LogP contribution >= 0.6 is 12.2 Å². The van der Waals surface area contributed by atoms with Crippen LogP contribution in [0.5, 0.6) is 0 Å². The van der Waals surface area contributed by atoms with Gasteiger partial charge < -0.3 is 10.6 Å². The van der Waals surface area contributed by atoms with Gasteiger partial charge >= 0.3 is 0 Å². The van der Waals surface area contributed by atoms with Crippen molar-refractivity contribution in [3.63, 3.8) is 0 Å². The molecule has 0 unspecified atom stereocenters. The van der Waals surface area contributed by atoms with E-state index in [9.17, 15) is 4.39 Å². The lowest BCUT2D eigenvalue weighted by molar-refractivity contribution is 0.624. The van der Waals surface area contributed by atoms with E-state index in [2.05, 4.69) is 29.6 Å². The number of halogens is 1. The van der Waals surface area contributed by atoms with Crippen LogP contribution in [0.2, 0.25) is 0 Å². The molecular formula is C15H19FN4S. The first kappa shape index (κ1) is 15.4. The van der Waals surface area contributed by atoms with Gasteiger partial charge in [0, 0.05) is 12.7 Å². The molecule has 0 bridgehead atoms. The lowest BCUT2D eigenvalue weighted by atomic mass is 10.2. The molecule has 0 saturated carbocycles. The molecule has 2 rings (SSSR count). The van der Waals surface area contributed by atoms with Crippen molar-refractivity contribution < 1.29 is 4.39 Å². The number of nitrogens with zero attached hydrogens (tertiary/aromatic N) is 2. The standard InChI is InChI=1S/C15H19FN4S/c1-11(2)7-17-15(21)19-14-8-18-20(10-14)9-12-3-5-13(16)6-4-12/h3-6,8,10-11H,7,9H2,1-2H3,(H2,17,19,21). The maximum absolute atomic E-state index is 12.8. The summed E-state index contributed by atoms with van der Waals surface area (Å²) in [6, 6.07) is 6.39. The largest absolute Gasteiger partial charge is 0.362 e. The van der Waals surface area contributed by atoms with Gasteiger partial charge in [0.2, 0.25) is 0 Å². The lowest BCUT2D eigenvalue weighted by Gasteiger charge is -2.10. The fourth-order valence-corrected chi connectivity index (χ4v) is 1.96. The normalized spacial score (nSPS) is 10.7. The minimum absolute atomic E-state index is 0.233. The first-order valence-corrected chi connectivity index (χ1v) is 7.25. The second kappa shape index (κ2) is 7.17. The monoisotopic (exact) mass is 306 g/mol. The van der Waals surface area contributed by atoms with Crippen LogP contribution < -0.4 is 10.6 Å². The molecule has 0 aliphatic carbocycles. The predicted octanol–water partition coefficient (Wildman–Crippen LogP) is 3.01. The van der Waals surface area contributed by atoms with Crippen LogP contribution in [0.15, 0.2) is 36.7 Å². The van der Waals surface area contributed by atoms with Gasteiger partial charge in [-0.15, -0.1) is 0 Å². The van der Waals surface area contributed by atoms with Crippen molar-refractivity contribution in [3.8, 4) is 0 Å². The maximum Gasteiger partial charge on any atom is 0.170 e. The molecule has 112 valence electrons. The molecule has 2 aromatic rings. The third-order valence-electron chi connectivity index (χ3n) is 2.82. The smallest absolute Gasteiger partial charge is 0.170 e. The Labute approximate surface area is 129 Å². The Morgan fingerprint density at radius 1 is 1.33 bits per heavy atom. The van der Waals surface area contributed by atoms with Crippen molar-refractivity contribution in [2.24, 2.45) is 5.92 Å². The number of hydrogen-bond acceptors (Lipinski definition) is 2. The molecular weight excluding hydrogens is 287 g/mol. The Kier molecular flexibility index (Phi) is 5.27. The van der Waals surface area contributed by atoms with Crippen LogP contribution in [0.3, 0.4) is 0 Å². The van der Waals surface area contributed by atoms with E-state index in [4.69, 9.17) is 12.2 Å². The molecule has 0 aliphatic heterocycles. The molecule has 0 spiro atoms. The second-order valence-corrected chi connectivity index (χ2v) is 5.69. The molecule has 0 atom stereocenters. The molecule has 0 fully saturated rings. The second-order valence-electron chi connectivity index (χ2n) is 5.28. The third-order valence-corrected chi connectivity index (χ3v) is 3.07. The van der Waals surface area contributed by atoms with Crippen LogP contribution in [-0.4, -0.2) is 21.4 Å². The van der Waals surface area contributed by atoms with Gasteiger partial charge in [0.1, 0.15) is 5.82 Å². The number of aromatic nitrogens is 2. The molecule has 1 aromatic heterocycles. The number of rotatable bonds is 5. The van der Waals surface area contributed by atoms with Crippen LogP contribution in [0.25, 0.3) is 0 Å². The summed E-state index contributed by atoms with van der Waals surface area (Å²) < 4.78 is 14.6. The highest BCUT2D eigenvalue weighted by Crippen LogP contribution is 2.09. The highest BCUT2D eigenvalue weighted by atomic mass is 32.1. The van der Waals surface area contributed by atoms with E-state index in [1.807, 2.05) is 6.20 Å². The summed E-state index contributed by atoms with van der Waals surface area (Å²) in [6.45, 7) is 5.66. The van der Waals surface area contributed by atoms with Crippen molar-refractivity contribution in [2.45, 2.75) is 20.4 Å². The molecule has 0 radical (unpaired) electrons. The Bertz CT molecular complexity index is 592. The molecule has 6 heteroatoms. The number of anilines is 1. The molecule has 0 aliphatic rings. The van der Waals surface area contributed by atoms with Crippen LogP contribution in [0.4, 0.5) is 10.1 Å². The quantitative estimate of drug-likeness (QED) is 0.833. The number of nitrogens with one attached hydrogen (secondary N) is 2. The van der Waals surface area contributed by atoms with Crippen LogP contribution in [-0.2, 0) is 6.54 Å². The zero-order chi connectivity index (χ0) is 15.2.